The maximum absolute atomic E-state index is 13.0. The summed E-state index contributed by atoms with van der Waals surface area (Å²) in [4.78, 5) is 15.0. The average molecular weight is 357 g/mol. The van der Waals surface area contributed by atoms with Crippen LogP contribution in [0.2, 0.25) is 0 Å². The van der Waals surface area contributed by atoms with Crippen LogP contribution in [-0.4, -0.2) is 37.6 Å². The lowest BCUT2D eigenvalue weighted by molar-refractivity contribution is 0.0748. The van der Waals surface area contributed by atoms with Crippen LogP contribution in [0, 0.1) is 13.8 Å². The van der Waals surface area contributed by atoms with Crippen molar-refractivity contribution in [2.24, 2.45) is 0 Å². The highest BCUT2D eigenvalue weighted by Gasteiger charge is 2.33. The summed E-state index contributed by atoms with van der Waals surface area (Å²) in [6.07, 6.45) is 1.56. The SMILES string of the molecule is Cc1ccc(C)c(C(=O)N2CCCC2CS(=O)(=O)c2ccccc2)c1. The van der Waals surface area contributed by atoms with Crippen molar-refractivity contribution in [2.75, 3.05) is 12.3 Å². The Morgan fingerprint density at radius 3 is 2.56 bits per heavy atom. The molecule has 5 heteroatoms. The van der Waals surface area contributed by atoms with Gasteiger partial charge in [0.15, 0.2) is 9.84 Å². The number of nitrogens with zero attached hydrogens (tertiary/aromatic N) is 1. The maximum Gasteiger partial charge on any atom is 0.254 e. The smallest absolute Gasteiger partial charge is 0.254 e. The predicted molar refractivity (Wildman–Crippen MR) is 98.5 cm³/mol. The highest BCUT2D eigenvalue weighted by molar-refractivity contribution is 7.91. The number of benzene rings is 2. The van der Waals surface area contributed by atoms with Gasteiger partial charge in [0.05, 0.1) is 10.6 Å². The van der Waals surface area contributed by atoms with E-state index in [9.17, 15) is 13.2 Å². The Bertz CT molecular complexity index is 875. The van der Waals surface area contributed by atoms with Crippen molar-refractivity contribution in [1.29, 1.82) is 0 Å². The molecule has 0 N–H and O–H groups in total. The number of likely N-dealkylation sites (tertiary alicyclic amines) is 1. The fraction of sp³-hybridized carbons (Fsp3) is 0.350. The zero-order valence-corrected chi connectivity index (χ0v) is 15.4. The van der Waals surface area contributed by atoms with Crippen LogP contribution >= 0.6 is 0 Å². The van der Waals surface area contributed by atoms with E-state index in [2.05, 4.69) is 0 Å². The molecule has 1 heterocycles. The molecule has 1 aliphatic rings. The first-order chi connectivity index (χ1) is 11.9. The third-order valence-corrected chi connectivity index (χ3v) is 6.59. The highest BCUT2D eigenvalue weighted by atomic mass is 32.2. The molecule has 2 aromatic rings. The Morgan fingerprint density at radius 2 is 1.84 bits per heavy atom. The Labute approximate surface area is 149 Å². The Balaban J connectivity index is 1.83. The van der Waals surface area contributed by atoms with Crippen molar-refractivity contribution >= 4 is 15.7 Å². The molecule has 0 radical (unpaired) electrons. The molecule has 1 fully saturated rings. The van der Waals surface area contributed by atoms with Crippen molar-refractivity contribution in [3.63, 3.8) is 0 Å². The van der Waals surface area contributed by atoms with Crippen molar-refractivity contribution < 1.29 is 13.2 Å². The molecule has 1 atom stereocenters. The molecular weight excluding hydrogens is 334 g/mol. The summed E-state index contributed by atoms with van der Waals surface area (Å²) in [7, 11) is -3.40. The van der Waals surface area contributed by atoms with E-state index in [1.807, 2.05) is 32.0 Å². The summed E-state index contributed by atoms with van der Waals surface area (Å²) < 4.78 is 25.4. The van der Waals surface area contributed by atoms with Crippen molar-refractivity contribution in [3.05, 3.63) is 65.2 Å². The van der Waals surface area contributed by atoms with Crippen LogP contribution < -0.4 is 0 Å². The molecule has 1 unspecified atom stereocenters. The summed E-state index contributed by atoms with van der Waals surface area (Å²) >= 11 is 0. The molecule has 0 spiro atoms. The summed E-state index contributed by atoms with van der Waals surface area (Å²) in [5.41, 5.74) is 2.62. The van der Waals surface area contributed by atoms with Crippen LogP contribution in [0.25, 0.3) is 0 Å². The lowest BCUT2D eigenvalue weighted by Crippen LogP contribution is -2.40. The minimum absolute atomic E-state index is 0.0202. The number of carbonyl (C=O) groups excluding carboxylic acids is 1. The summed E-state index contributed by atoms with van der Waals surface area (Å²) in [5, 5.41) is 0. The highest BCUT2D eigenvalue weighted by Crippen LogP contribution is 2.25. The lowest BCUT2D eigenvalue weighted by Gasteiger charge is -2.25. The molecule has 3 rings (SSSR count). The van der Waals surface area contributed by atoms with Crippen LogP contribution in [0.4, 0.5) is 0 Å². The zero-order valence-electron chi connectivity index (χ0n) is 14.6. The van der Waals surface area contributed by atoms with Gasteiger partial charge < -0.3 is 4.90 Å². The zero-order chi connectivity index (χ0) is 18.0. The number of hydrogen-bond acceptors (Lipinski definition) is 3. The molecule has 1 saturated heterocycles. The van der Waals surface area contributed by atoms with E-state index in [0.717, 1.165) is 24.0 Å². The second-order valence-electron chi connectivity index (χ2n) is 6.71. The molecule has 25 heavy (non-hydrogen) atoms. The summed E-state index contributed by atoms with van der Waals surface area (Å²) in [5.74, 6) is -0.0832. The van der Waals surface area contributed by atoms with Gasteiger partial charge in [0.2, 0.25) is 0 Å². The first-order valence-electron chi connectivity index (χ1n) is 8.54. The van der Waals surface area contributed by atoms with Gasteiger partial charge in [-0.05, 0) is 50.5 Å². The first kappa shape index (κ1) is 17.7. The topological polar surface area (TPSA) is 54.5 Å². The molecule has 0 aliphatic carbocycles. The normalized spacial score (nSPS) is 17.7. The molecule has 2 aromatic carbocycles. The van der Waals surface area contributed by atoms with E-state index in [4.69, 9.17) is 0 Å². The van der Waals surface area contributed by atoms with Gasteiger partial charge in [0, 0.05) is 18.2 Å². The van der Waals surface area contributed by atoms with Crippen LogP contribution in [0.5, 0.6) is 0 Å². The third kappa shape index (κ3) is 3.76. The van der Waals surface area contributed by atoms with Crippen molar-refractivity contribution in [2.45, 2.75) is 37.6 Å². The fourth-order valence-electron chi connectivity index (χ4n) is 3.37. The van der Waals surface area contributed by atoms with Gasteiger partial charge >= 0.3 is 0 Å². The molecule has 1 amide bonds. The van der Waals surface area contributed by atoms with Crippen LogP contribution in [0.15, 0.2) is 53.4 Å². The summed E-state index contributed by atoms with van der Waals surface area (Å²) in [6.45, 7) is 4.48. The van der Waals surface area contributed by atoms with Crippen molar-refractivity contribution in [1.82, 2.24) is 4.90 Å². The lowest BCUT2D eigenvalue weighted by atomic mass is 10.0. The molecule has 1 aliphatic heterocycles. The third-order valence-electron chi connectivity index (χ3n) is 4.78. The molecule has 0 saturated carbocycles. The van der Waals surface area contributed by atoms with Gasteiger partial charge in [-0.2, -0.15) is 0 Å². The second kappa shape index (κ2) is 7.00. The van der Waals surface area contributed by atoms with Crippen LogP contribution in [0.3, 0.4) is 0 Å². The number of carbonyl (C=O) groups is 1. The van der Waals surface area contributed by atoms with Crippen LogP contribution in [-0.2, 0) is 9.84 Å². The minimum atomic E-state index is -3.40. The fourth-order valence-corrected chi connectivity index (χ4v) is 4.99. The molecule has 4 nitrogen and oxygen atoms in total. The number of sulfone groups is 1. The monoisotopic (exact) mass is 357 g/mol. The maximum atomic E-state index is 13.0. The minimum Gasteiger partial charge on any atom is -0.335 e. The second-order valence-corrected chi connectivity index (χ2v) is 8.74. The van der Waals surface area contributed by atoms with Gasteiger partial charge in [0.1, 0.15) is 0 Å². The van der Waals surface area contributed by atoms with Gasteiger partial charge in [-0.15, -0.1) is 0 Å². The number of amides is 1. The van der Waals surface area contributed by atoms with E-state index in [1.54, 1.807) is 35.2 Å². The van der Waals surface area contributed by atoms with Crippen LogP contribution in [0.1, 0.15) is 34.3 Å². The quantitative estimate of drug-likeness (QED) is 0.843. The summed E-state index contributed by atoms with van der Waals surface area (Å²) in [6, 6.07) is 14.0. The largest absolute Gasteiger partial charge is 0.335 e. The number of aryl methyl sites for hydroxylation is 2. The Kier molecular flexibility index (Phi) is 4.95. The predicted octanol–water partition coefficient (Wildman–Crippen LogP) is 3.38. The van der Waals surface area contributed by atoms with E-state index in [1.165, 1.54) is 0 Å². The molecule has 0 aromatic heterocycles. The van der Waals surface area contributed by atoms with Crippen molar-refractivity contribution in [3.8, 4) is 0 Å². The Morgan fingerprint density at radius 1 is 1.12 bits per heavy atom. The molecule has 132 valence electrons. The number of rotatable bonds is 4. The van der Waals surface area contributed by atoms with E-state index >= 15 is 0 Å². The Hall–Kier alpha value is -2.14. The van der Waals surface area contributed by atoms with Gasteiger partial charge in [-0.1, -0.05) is 35.9 Å². The number of hydrogen-bond donors (Lipinski definition) is 0. The standard InChI is InChI=1S/C20H23NO3S/c1-15-10-11-16(2)19(13-15)20(22)21-12-6-7-17(21)14-25(23,24)18-8-4-3-5-9-18/h3-5,8-11,13,17H,6-7,12,14H2,1-2H3. The molecule has 0 bridgehead atoms. The van der Waals surface area contributed by atoms with Gasteiger partial charge in [-0.25, -0.2) is 8.42 Å². The van der Waals surface area contributed by atoms with Gasteiger partial charge in [-0.3, -0.25) is 4.79 Å². The van der Waals surface area contributed by atoms with E-state index in [-0.39, 0.29) is 17.7 Å². The molecular formula is C20H23NO3S. The van der Waals surface area contributed by atoms with E-state index < -0.39 is 9.84 Å². The van der Waals surface area contributed by atoms with Gasteiger partial charge in [0.25, 0.3) is 5.91 Å². The van der Waals surface area contributed by atoms with E-state index in [0.29, 0.717) is 17.0 Å². The average Bonchev–Trinajstić information content (AvgIpc) is 3.04. The first-order valence-corrected chi connectivity index (χ1v) is 10.2.